The first-order chi connectivity index (χ1) is 13.4. The fourth-order valence-corrected chi connectivity index (χ4v) is 4.03. The number of nitrogens with zero attached hydrogens (tertiary/aromatic N) is 1. The first-order valence-electron chi connectivity index (χ1n) is 8.63. The van der Waals surface area contributed by atoms with Gasteiger partial charge in [0.15, 0.2) is 23.0 Å². The average molecular weight is 408 g/mol. The van der Waals surface area contributed by atoms with Gasteiger partial charge in [-0.05, 0) is 43.9 Å². The molecular formula is C19H24N2O6S. The lowest BCUT2D eigenvalue weighted by Gasteiger charge is -2.25. The summed E-state index contributed by atoms with van der Waals surface area (Å²) in [6.07, 6.45) is 0. The molecule has 0 unspecified atom stereocenters. The summed E-state index contributed by atoms with van der Waals surface area (Å²) in [5, 5.41) is 0. The Balaban J connectivity index is 1.79. The number of nitrogens with one attached hydrogen (secondary N) is 1. The van der Waals surface area contributed by atoms with Gasteiger partial charge in [-0.15, -0.1) is 0 Å². The molecule has 0 aliphatic carbocycles. The zero-order valence-corrected chi connectivity index (χ0v) is 17.1. The molecule has 0 amide bonds. The van der Waals surface area contributed by atoms with Crippen molar-refractivity contribution < 1.29 is 27.4 Å². The van der Waals surface area contributed by atoms with Crippen molar-refractivity contribution in [2.75, 3.05) is 41.7 Å². The number of likely N-dealkylation sites (N-methyl/N-ethyl adjacent to an activating group) is 1. The van der Waals surface area contributed by atoms with E-state index in [9.17, 15) is 8.42 Å². The molecule has 0 bridgehead atoms. The molecule has 1 heterocycles. The first-order valence-corrected chi connectivity index (χ1v) is 10.1. The number of benzene rings is 2. The maximum absolute atomic E-state index is 12.8. The van der Waals surface area contributed by atoms with Crippen LogP contribution in [-0.2, 0) is 10.0 Å². The van der Waals surface area contributed by atoms with Crippen LogP contribution < -0.4 is 23.7 Å². The molecule has 0 saturated carbocycles. The Morgan fingerprint density at radius 2 is 1.75 bits per heavy atom. The fraction of sp³-hybridized carbons (Fsp3) is 0.368. The number of rotatable bonds is 8. The smallest absolute Gasteiger partial charge is 0.240 e. The van der Waals surface area contributed by atoms with E-state index in [4.69, 9.17) is 18.9 Å². The third kappa shape index (κ3) is 4.16. The van der Waals surface area contributed by atoms with Crippen molar-refractivity contribution in [2.45, 2.75) is 10.9 Å². The van der Waals surface area contributed by atoms with E-state index in [2.05, 4.69) is 4.72 Å². The van der Waals surface area contributed by atoms with Crippen LogP contribution in [0.1, 0.15) is 11.6 Å². The van der Waals surface area contributed by atoms with E-state index in [0.717, 1.165) is 5.56 Å². The highest BCUT2D eigenvalue weighted by Gasteiger charge is 2.23. The van der Waals surface area contributed by atoms with E-state index in [1.165, 1.54) is 26.4 Å². The van der Waals surface area contributed by atoms with Crippen LogP contribution in [0.2, 0.25) is 0 Å². The first kappa shape index (κ1) is 20.2. The molecule has 8 nitrogen and oxygen atoms in total. The highest BCUT2D eigenvalue weighted by molar-refractivity contribution is 7.89. The van der Waals surface area contributed by atoms with Crippen LogP contribution in [0.15, 0.2) is 41.3 Å². The van der Waals surface area contributed by atoms with Crippen molar-refractivity contribution in [1.82, 2.24) is 9.62 Å². The van der Waals surface area contributed by atoms with Gasteiger partial charge in [0.1, 0.15) is 0 Å². The molecule has 1 N–H and O–H groups in total. The highest BCUT2D eigenvalue weighted by atomic mass is 32.2. The van der Waals surface area contributed by atoms with Crippen molar-refractivity contribution in [3.63, 3.8) is 0 Å². The van der Waals surface area contributed by atoms with Gasteiger partial charge >= 0.3 is 0 Å². The molecule has 0 radical (unpaired) electrons. The molecule has 9 heteroatoms. The standard InChI is InChI=1S/C19H24N2O6S/c1-21(2)15(13-5-7-17-19(9-13)27-12-26-17)11-20-28(22,23)14-6-8-16(24-3)18(10-14)25-4/h5-10,15,20H,11-12H2,1-4H3/t15-/m1/s1. The number of ether oxygens (including phenoxy) is 4. The second-order valence-electron chi connectivity index (χ2n) is 6.46. The second kappa shape index (κ2) is 8.26. The van der Waals surface area contributed by atoms with Crippen molar-refractivity contribution >= 4 is 10.0 Å². The van der Waals surface area contributed by atoms with E-state index >= 15 is 0 Å². The van der Waals surface area contributed by atoms with E-state index < -0.39 is 10.0 Å². The summed E-state index contributed by atoms with van der Waals surface area (Å²) >= 11 is 0. The molecule has 0 saturated heterocycles. The molecule has 2 aromatic rings. The predicted molar refractivity (Wildman–Crippen MR) is 104 cm³/mol. The number of hydrogen-bond donors (Lipinski definition) is 1. The summed E-state index contributed by atoms with van der Waals surface area (Å²) < 4.78 is 49.3. The molecule has 0 spiro atoms. The Bertz CT molecular complexity index is 945. The quantitative estimate of drug-likeness (QED) is 0.715. The maximum atomic E-state index is 12.8. The SMILES string of the molecule is COc1ccc(S(=O)(=O)NC[C@H](c2ccc3c(c2)OCO3)N(C)C)cc1OC. The number of sulfonamides is 1. The zero-order chi connectivity index (χ0) is 20.3. The minimum Gasteiger partial charge on any atom is -0.493 e. The molecule has 1 aliphatic heterocycles. The van der Waals surface area contributed by atoms with Gasteiger partial charge in [-0.3, -0.25) is 0 Å². The topological polar surface area (TPSA) is 86.3 Å². The van der Waals surface area contributed by atoms with Gasteiger partial charge in [-0.2, -0.15) is 0 Å². The van der Waals surface area contributed by atoms with E-state index in [-0.39, 0.29) is 24.3 Å². The van der Waals surface area contributed by atoms with Gasteiger partial charge in [-0.1, -0.05) is 6.07 Å². The van der Waals surface area contributed by atoms with Crippen LogP contribution in [0.3, 0.4) is 0 Å². The molecule has 1 atom stereocenters. The molecule has 2 aromatic carbocycles. The lowest BCUT2D eigenvalue weighted by atomic mass is 10.1. The van der Waals surface area contributed by atoms with Crippen LogP contribution in [0, 0.1) is 0 Å². The zero-order valence-electron chi connectivity index (χ0n) is 16.3. The van der Waals surface area contributed by atoms with Crippen molar-refractivity contribution in [1.29, 1.82) is 0 Å². The van der Waals surface area contributed by atoms with Crippen LogP contribution in [-0.4, -0.2) is 55.0 Å². The van der Waals surface area contributed by atoms with Gasteiger partial charge in [0, 0.05) is 18.7 Å². The number of methoxy groups -OCH3 is 2. The number of fused-ring (bicyclic) bond motifs is 1. The lowest BCUT2D eigenvalue weighted by molar-refractivity contribution is 0.174. The summed E-state index contributed by atoms with van der Waals surface area (Å²) in [5.74, 6) is 2.16. The number of hydrogen-bond acceptors (Lipinski definition) is 7. The molecular weight excluding hydrogens is 384 g/mol. The second-order valence-corrected chi connectivity index (χ2v) is 8.23. The summed E-state index contributed by atoms with van der Waals surface area (Å²) in [6.45, 7) is 0.376. The fourth-order valence-electron chi connectivity index (χ4n) is 2.97. The Morgan fingerprint density at radius 1 is 1.04 bits per heavy atom. The Kier molecular flexibility index (Phi) is 5.97. The van der Waals surface area contributed by atoms with Crippen LogP contribution in [0.25, 0.3) is 0 Å². The molecule has 1 aliphatic rings. The molecule has 3 rings (SSSR count). The van der Waals surface area contributed by atoms with E-state index in [1.54, 1.807) is 6.07 Å². The molecule has 0 aromatic heterocycles. The minimum absolute atomic E-state index is 0.105. The Labute approximate surface area is 165 Å². The van der Waals surface area contributed by atoms with Gasteiger partial charge in [-0.25, -0.2) is 13.1 Å². The normalized spacial score (nSPS) is 14.2. The minimum atomic E-state index is -3.73. The van der Waals surface area contributed by atoms with Gasteiger partial charge < -0.3 is 23.8 Å². The van der Waals surface area contributed by atoms with Crippen LogP contribution in [0.5, 0.6) is 23.0 Å². The average Bonchev–Trinajstić information content (AvgIpc) is 3.15. The van der Waals surface area contributed by atoms with E-state index in [1.807, 2.05) is 37.2 Å². The van der Waals surface area contributed by atoms with Gasteiger partial charge in [0.25, 0.3) is 0 Å². The van der Waals surface area contributed by atoms with Gasteiger partial charge in [0.2, 0.25) is 16.8 Å². The predicted octanol–water partition coefficient (Wildman–Crippen LogP) is 2.01. The van der Waals surface area contributed by atoms with Crippen LogP contribution >= 0.6 is 0 Å². The Hall–Kier alpha value is -2.49. The van der Waals surface area contributed by atoms with Crippen molar-refractivity contribution in [3.8, 4) is 23.0 Å². The molecule has 28 heavy (non-hydrogen) atoms. The van der Waals surface area contributed by atoms with Gasteiger partial charge in [0.05, 0.1) is 19.1 Å². The molecule has 0 fully saturated rings. The third-order valence-electron chi connectivity index (χ3n) is 4.54. The largest absolute Gasteiger partial charge is 0.493 e. The summed E-state index contributed by atoms with van der Waals surface area (Å²) in [5.41, 5.74) is 0.921. The monoisotopic (exact) mass is 408 g/mol. The lowest BCUT2D eigenvalue weighted by Crippen LogP contribution is -2.34. The maximum Gasteiger partial charge on any atom is 0.240 e. The summed E-state index contributed by atoms with van der Waals surface area (Å²) in [7, 11) is 3.00. The van der Waals surface area contributed by atoms with E-state index in [0.29, 0.717) is 23.0 Å². The van der Waals surface area contributed by atoms with Crippen LogP contribution in [0.4, 0.5) is 0 Å². The Morgan fingerprint density at radius 3 is 2.43 bits per heavy atom. The van der Waals surface area contributed by atoms with Crippen molar-refractivity contribution in [3.05, 3.63) is 42.0 Å². The summed E-state index contributed by atoms with van der Waals surface area (Å²) in [4.78, 5) is 2.04. The summed E-state index contributed by atoms with van der Waals surface area (Å²) in [6, 6.07) is 9.90. The molecule has 152 valence electrons. The van der Waals surface area contributed by atoms with Crippen molar-refractivity contribution in [2.24, 2.45) is 0 Å². The highest BCUT2D eigenvalue weighted by Crippen LogP contribution is 2.35. The third-order valence-corrected chi connectivity index (χ3v) is 5.96.